The Bertz CT molecular complexity index is 1210. The average Bonchev–Trinajstić information content (AvgIpc) is 3.15. The van der Waals surface area contributed by atoms with E-state index in [0.29, 0.717) is 17.0 Å². The highest BCUT2D eigenvalue weighted by molar-refractivity contribution is 5.93. The molecular formula is C27H31F3N2O3. The summed E-state index contributed by atoms with van der Waals surface area (Å²) >= 11 is 0. The van der Waals surface area contributed by atoms with E-state index in [1.54, 1.807) is 24.3 Å². The van der Waals surface area contributed by atoms with Crippen LogP contribution < -0.4 is 4.74 Å². The van der Waals surface area contributed by atoms with Crippen molar-refractivity contribution in [2.75, 3.05) is 7.11 Å². The van der Waals surface area contributed by atoms with E-state index in [2.05, 4.69) is 30.1 Å². The van der Waals surface area contributed by atoms with Crippen molar-refractivity contribution in [1.29, 1.82) is 0 Å². The first kappa shape index (κ1) is 25.1. The molecule has 0 spiro atoms. The third kappa shape index (κ3) is 5.46. The highest BCUT2D eigenvalue weighted by Crippen LogP contribution is 2.46. The third-order valence-corrected chi connectivity index (χ3v) is 6.87. The first-order chi connectivity index (χ1) is 16.4. The van der Waals surface area contributed by atoms with E-state index < -0.39 is 12.3 Å². The van der Waals surface area contributed by atoms with Gasteiger partial charge in [-0.3, -0.25) is 0 Å². The number of aromatic nitrogens is 2. The number of rotatable bonds is 5. The minimum absolute atomic E-state index is 0.169. The Morgan fingerprint density at radius 1 is 1.14 bits per heavy atom. The monoisotopic (exact) mass is 488 g/mol. The quantitative estimate of drug-likeness (QED) is 0.355. The van der Waals surface area contributed by atoms with Gasteiger partial charge in [0.15, 0.2) is 0 Å². The minimum atomic E-state index is -4.73. The number of hydrogen-bond acceptors (Lipinski definition) is 4. The van der Waals surface area contributed by atoms with E-state index >= 15 is 0 Å². The zero-order valence-corrected chi connectivity index (χ0v) is 20.6. The maximum Gasteiger partial charge on any atom is 0.573 e. The van der Waals surface area contributed by atoms with Crippen molar-refractivity contribution in [3.05, 3.63) is 59.4 Å². The van der Waals surface area contributed by atoms with Gasteiger partial charge in [0.2, 0.25) is 0 Å². The normalized spacial score (nSPS) is 21.0. The molecule has 0 N–H and O–H groups in total. The van der Waals surface area contributed by atoms with Gasteiger partial charge in [-0.2, -0.15) is 0 Å². The predicted molar refractivity (Wildman–Crippen MR) is 128 cm³/mol. The summed E-state index contributed by atoms with van der Waals surface area (Å²) in [5.74, 6) is 0.486. The molecule has 8 heteroatoms. The molecule has 1 heterocycles. The molecule has 0 radical (unpaired) electrons. The van der Waals surface area contributed by atoms with Gasteiger partial charge >= 0.3 is 12.3 Å². The van der Waals surface area contributed by atoms with E-state index in [-0.39, 0.29) is 23.1 Å². The highest BCUT2D eigenvalue weighted by Gasteiger charge is 2.35. The maximum absolute atomic E-state index is 12.6. The van der Waals surface area contributed by atoms with Crippen LogP contribution in [-0.4, -0.2) is 29.0 Å². The van der Waals surface area contributed by atoms with Gasteiger partial charge < -0.3 is 14.0 Å². The summed E-state index contributed by atoms with van der Waals surface area (Å²) in [7, 11) is 1.34. The van der Waals surface area contributed by atoms with Crippen LogP contribution in [0.1, 0.15) is 80.7 Å². The first-order valence-electron chi connectivity index (χ1n) is 11.8. The summed E-state index contributed by atoms with van der Waals surface area (Å²) in [6, 6.07) is 11.6. The predicted octanol–water partition coefficient (Wildman–Crippen LogP) is 7.26. The number of fused-ring (bicyclic) bond motifs is 1. The molecule has 0 saturated heterocycles. The van der Waals surface area contributed by atoms with E-state index in [4.69, 9.17) is 9.72 Å². The average molecular weight is 489 g/mol. The Hall–Kier alpha value is -3.03. The molecule has 5 nitrogen and oxygen atoms in total. The standard InChI is InChI=1S/C27H31F3N2O3/c1-16-12-20(15-26(3,4)14-16)32-23-11-8-19(25(33)34-5)13-22(23)31-24(32)17(2)18-6-9-21(10-7-18)35-27(28,29)30/h6-11,13,16-17,20H,12,14-15H2,1-5H3. The topological polar surface area (TPSA) is 53.4 Å². The number of ether oxygens (including phenoxy) is 2. The second-order valence-electron chi connectivity index (χ2n) is 10.4. The van der Waals surface area contributed by atoms with Gasteiger partial charge in [-0.1, -0.05) is 39.8 Å². The zero-order valence-electron chi connectivity index (χ0n) is 20.6. The molecular weight excluding hydrogens is 457 g/mol. The van der Waals surface area contributed by atoms with Crippen LogP contribution in [0.25, 0.3) is 11.0 Å². The molecule has 1 aliphatic carbocycles. The Morgan fingerprint density at radius 2 is 1.83 bits per heavy atom. The fraction of sp³-hybridized carbons (Fsp3) is 0.481. The van der Waals surface area contributed by atoms with Crippen molar-refractivity contribution in [3.8, 4) is 5.75 Å². The number of carbonyl (C=O) groups is 1. The van der Waals surface area contributed by atoms with Crippen LogP contribution in [0.3, 0.4) is 0 Å². The summed E-state index contributed by atoms with van der Waals surface area (Å²) in [5.41, 5.74) is 3.05. The third-order valence-electron chi connectivity index (χ3n) is 6.87. The lowest BCUT2D eigenvalue weighted by atomic mass is 9.70. The second kappa shape index (κ2) is 9.21. The number of halogens is 3. The van der Waals surface area contributed by atoms with E-state index in [0.717, 1.165) is 36.2 Å². The van der Waals surface area contributed by atoms with Gasteiger partial charge in [-0.15, -0.1) is 13.2 Å². The fourth-order valence-corrected chi connectivity index (χ4v) is 5.65. The summed E-state index contributed by atoms with van der Waals surface area (Å²) in [6.07, 6.45) is -1.59. The van der Waals surface area contributed by atoms with Crippen LogP contribution in [-0.2, 0) is 4.74 Å². The number of esters is 1. The fourth-order valence-electron chi connectivity index (χ4n) is 5.65. The molecule has 0 amide bonds. The molecule has 3 aromatic rings. The van der Waals surface area contributed by atoms with Crippen molar-refractivity contribution in [3.63, 3.8) is 0 Å². The van der Waals surface area contributed by atoms with Gasteiger partial charge in [0, 0.05) is 12.0 Å². The van der Waals surface area contributed by atoms with Gasteiger partial charge in [0.1, 0.15) is 11.6 Å². The second-order valence-corrected chi connectivity index (χ2v) is 10.4. The van der Waals surface area contributed by atoms with E-state index in [9.17, 15) is 18.0 Å². The van der Waals surface area contributed by atoms with Crippen molar-refractivity contribution >= 4 is 17.0 Å². The van der Waals surface area contributed by atoms with Crippen LogP contribution in [0.2, 0.25) is 0 Å². The van der Waals surface area contributed by atoms with E-state index in [1.807, 2.05) is 13.0 Å². The zero-order chi connectivity index (χ0) is 25.5. The van der Waals surface area contributed by atoms with Crippen molar-refractivity contribution in [2.45, 2.75) is 65.3 Å². The van der Waals surface area contributed by atoms with Crippen LogP contribution in [0.15, 0.2) is 42.5 Å². The molecule has 1 aromatic heterocycles. The first-order valence-corrected chi connectivity index (χ1v) is 11.8. The number of carbonyl (C=O) groups excluding carboxylic acids is 1. The number of nitrogens with zero attached hydrogens (tertiary/aromatic N) is 2. The molecule has 1 aliphatic rings. The van der Waals surface area contributed by atoms with Gasteiger partial charge in [0.25, 0.3) is 0 Å². The van der Waals surface area contributed by atoms with E-state index in [1.165, 1.54) is 19.2 Å². The molecule has 1 fully saturated rings. The summed E-state index contributed by atoms with van der Waals surface area (Å²) in [4.78, 5) is 17.1. The largest absolute Gasteiger partial charge is 0.573 e. The Balaban J connectivity index is 1.79. The van der Waals surface area contributed by atoms with Crippen molar-refractivity contribution < 1.29 is 27.4 Å². The number of methoxy groups -OCH3 is 1. The number of alkyl halides is 3. The lowest BCUT2D eigenvalue weighted by molar-refractivity contribution is -0.274. The number of benzene rings is 2. The molecule has 188 valence electrons. The van der Waals surface area contributed by atoms with Gasteiger partial charge in [-0.25, -0.2) is 9.78 Å². The minimum Gasteiger partial charge on any atom is -0.465 e. The Kier molecular flexibility index (Phi) is 6.60. The maximum atomic E-state index is 12.6. The summed E-state index contributed by atoms with van der Waals surface area (Å²) in [6.45, 7) is 8.83. The molecule has 4 rings (SSSR count). The molecule has 3 atom stereocenters. The summed E-state index contributed by atoms with van der Waals surface area (Å²) < 4.78 is 48.9. The lowest BCUT2D eigenvalue weighted by Crippen LogP contribution is -2.30. The van der Waals surface area contributed by atoms with Gasteiger partial charge in [-0.05, 0) is 66.5 Å². The SMILES string of the molecule is COC(=O)c1ccc2c(c1)nc(C(C)c1ccc(OC(F)(F)F)cc1)n2C1CC(C)CC(C)(C)C1. The highest BCUT2D eigenvalue weighted by atomic mass is 19.4. The molecule has 35 heavy (non-hydrogen) atoms. The number of hydrogen-bond donors (Lipinski definition) is 0. The Morgan fingerprint density at radius 3 is 2.43 bits per heavy atom. The van der Waals surface area contributed by atoms with Crippen molar-refractivity contribution in [2.24, 2.45) is 11.3 Å². The van der Waals surface area contributed by atoms with Gasteiger partial charge in [0.05, 0.1) is 23.7 Å². The lowest BCUT2D eigenvalue weighted by Gasteiger charge is -2.40. The molecule has 1 saturated carbocycles. The Labute approximate surface area is 203 Å². The molecule has 2 aromatic carbocycles. The molecule has 0 bridgehead atoms. The van der Waals surface area contributed by atoms with Crippen molar-refractivity contribution in [1.82, 2.24) is 9.55 Å². The van der Waals surface area contributed by atoms with Crippen LogP contribution in [0.4, 0.5) is 13.2 Å². The van der Waals surface area contributed by atoms with Crippen LogP contribution >= 0.6 is 0 Å². The summed E-state index contributed by atoms with van der Waals surface area (Å²) in [5, 5.41) is 0. The van der Waals surface area contributed by atoms with Crippen LogP contribution in [0, 0.1) is 11.3 Å². The number of imidazole rings is 1. The van der Waals surface area contributed by atoms with Crippen LogP contribution in [0.5, 0.6) is 5.75 Å². The molecule has 0 aliphatic heterocycles. The smallest absolute Gasteiger partial charge is 0.465 e. The molecule has 3 unspecified atom stereocenters.